The van der Waals surface area contributed by atoms with E-state index in [2.05, 4.69) is 16.2 Å². The first kappa shape index (κ1) is 21.8. The number of rotatable bonds is 6. The molecule has 3 N–H and O–H groups in total. The summed E-state index contributed by atoms with van der Waals surface area (Å²) in [5, 5.41) is 3.01. The molecule has 0 radical (unpaired) electrons. The van der Waals surface area contributed by atoms with E-state index in [0.29, 0.717) is 5.02 Å². The number of amides is 3. The van der Waals surface area contributed by atoms with Crippen LogP contribution in [0.3, 0.4) is 0 Å². The molecule has 2 aromatic carbocycles. The molecule has 0 aliphatic rings. The Morgan fingerprint density at radius 3 is 2.11 bits per heavy atom. The van der Waals surface area contributed by atoms with E-state index in [4.69, 9.17) is 11.6 Å². The summed E-state index contributed by atoms with van der Waals surface area (Å²) in [6, 6.07) is 17.1. The number of carbonyl (C=O) groups is 3. The largest absolute Gasteiger partial charge is 0.346 e. The van der Waals surface area contributed by atoms with E-state index >= 15 is 0 Å². The van der Waals surface area contributed by atoms with Gasteiger partial charge in [-0.15, -0.1) is 11.8 Å². The molecule has 28 heavy (non-hydrogen) atoms. The fourth-order valence-corrected chi connectivity index (χ4v) is 3.57. The van der Waals surface area contributed by atoms with Crippen molar-refractivity contribution >= 4 is 41.1 Å². The molecule has 0 saturated heterocycles. The number of carbonyl (C=O) groups excluding carboxylic acids is 3. The molecule has 0 fully saturated rings. The molecule has 0 aromatic heterocycles. The standard InChI is InChI=1S/C20H22ClN3O3S/c1-13(2)22-19(26)20(27)24-23-17(25)12-28-18(14-6-4-3-5-7-14)15-8-10-16(21)11-9-15/h3-11,13,18H,12H2,1-2H3,(H,22,26)(H,23,25)(H,24,27)/t18-/m1/s1. The molecule has 2 rings (SSSR count). The predicted octanol–water partition coefficient (Wildman–Crippen LogP) is 2.83. The Morgan fingerprint density at radius 1 is 0.893 bits per heavy atom. The van der Waals surface area contributed by atoms with Gasteiger partial charge in [-0.05, 0) is 37.1 Å². The van der Waals surface area contributed by atoms with Gasteiger partial charge in [0.15, 0.2) is 0 Å². The zero-order chi connectivity index (χ0) is 20.5. The first-order valence-corrected chi connectivity index (χ1v) is 10.1. The van der Waals surface area contributed by atoms with Crippen LogP contribution in [0.5, 0.6) is 0 Å². The number of nitrogens with one attached hydrogen (secondary N) is 3. The first-order valence-electron chi connectivity index (χ1n) is 8.68. The molecule has 0 spiro atoms. The van der Waals surface area contributed by atoms with Crippen molar-refractivity contribution in [2.45, 2.75) is 25.1 Å². The minimum Gasteiger partial charge on any atom is -0.346 e. The van der Waals surface area contributed by atoms with E-state index in [0.717, 1.165) is 11.1 Å². The minimum absolute atomic E-state index is 0.0795. The van der Waals surface area contributed by atoms with E-state index < -0.39 is 17.7 Å². The van der Waals surface area contributed by atoms with Crippen molar-refractivity contribution in [3.05, 3.63) is 70.7 Å². The molecular formula is C20H22ClN3O3S. The van der Waals surface area contributed by atoms with Gasteiger partial charge >= 0.3 is 11.8 Å². The molecule has 0 aliphatic heterocycles. The Balaban J connectivity index is 1.96. The summed E-state index contributed by atoms with van der Waals surface area (Å²) < 4.78 is 0. The molecule has 3 amide bonds. The van der Waals surface area contributed by atoms with Crippen LogP contribution in [0, 0.1) is 0 Å². The third-order valence-electron chi connectivity index (χ3n) is 3.60. The van der Waals surface area contributed by atoms with E-state index in [1.807, 2.05) is 42.5 Å². The van der Waals surface area contributed by atoms with Crippen LogP contribution < -0.4 is 16.2 Å². The van der Waals surface area contributed by atoms with E-state index in [1.165, 1.54) is 11.8 Å². The van der Waals surface area contributed by atoms with Crippen molar-refractivity contribution in [1.29, 1.82) is 0 Å². The van der Waals surface area contributed by atoms with Crippen LogP contribution in [-0.4, -0.2) is 29.5 Å². The van der Waals surface area contributed by atoms with E-state index in [9.17, 15) is 14.4 Å². The Kier molecular flexibility index (Phi) is 8.35. The molecule has 0 aliphatic carbocycles. The van der Waals surface area contributed by atoms with E-state index in [1.54, 1.807) is 26.0 Å². The van der Waals surface area contributed by atoms with Crippen LogP contribution in [0.4, 0.5) is 0 Å². The van der Waals surface area contributed by atoms with Crippen molar-refractivity contribution < 1.29 is 14.4 Å². The van der Waals surface area contributed by atoms with Crippen molar-refractivity contribution in [2.24, 2.45) is 0 Å². The van der Waals surface area contributed by atoms with Crippen molar-refractivity contribution in [2.75, 3.05) is 5.75 Å². The van der Waals surface area contributed by atoms with Crippen LogP contribution in [-0.2, 0) is 14.4 Å². The molecule has 0 unspecified atom stereocenters. The zero-order valence-electron chi connectivity index (χ0n) is 15.6. The molecule has 2 aromatic rings. The number of halogens is 1. The smallest absolute Gasteiger partial charge is 0.327 e. The molecule has 8 heteroatoms. The second-order valence-corrected chi connectivity index (χ2v) is 7.81. The minimum atomic E-state index is -0.913. The van der Waals surface area contributed by atoms with Crippen LogP contribution in [0.15, 0.2) is 54.6 Å². The lowest BCUT2D eigenvalue weighted by Gasteiger charge is -2.18. The second kappa shape index (κ2) is 10.7. The summed E-state index contributed by atoms with van der Waals surface area (Å²) in [4.78, 5) is 35.3. The first-order chi connectivity index (χ1) is 13.4. The van der Waals surface area contributed by atoms with Crippen LogP contribution in [0.1, 0.15) is 30.2 Å². The quantitative estimate of drug-likeness (QED) is 0.496. The lowest BCUT2D eigenvalue weighted by atomic mass is 10.0. The molecule has 6 nitrogen and oxygen atoms in total. The van der Waals surface area contributed by atoms with Gasteiger partial charge in [-0.3, -0.25) is 25.2 Å². The average Bonchev–Trinajstić information content (AvgIpc) is 2.68. The van der Waals surface area contributed by atoms with Gasteiger partial charge in [0.05, 0.1) is 11.0 Å². The van der Waals surface area contributed by atoms with Gasteiger partial charge < -0.3 is 5.32 Å². The predicted molar refractivity (Wildman–Crippen MR) is 112 cm³/mol. The lowest BCUT2D eigenvalue weighted by molar-refractivity contribution is -0.141. The number of thioether (sulfide) groups is 1. The van der Waals surface area contributed by atoms with Gasteiger partial charge in [0, 0.05) is 11.1 Å². The Hall–Kier alpha value is -2.51. The molecule has 0 saturated carbocycles. The molecule has 1 atom stereocenters. The Bertz CT molecular complexity index is 813. The fourth-order valence-electron chi connectivity index (χ4n) is 2.36. The zero-order valence-corrected chi connectivity index (χ0v) is 17.1. The molecule has 0 heterocycles. The van der Waals surface area contributed by atoms with Crippen molar-refractivity contribution in [1.82, 2.24) is 16.2 Å². The third-order valence-corrected chi connectivity index (χ3v) is 5.16. The van der Waals surface area contributed by atoms with Gasteiger partial charge in [0.1, 0.15) is 0 Å². The summed E-state index contributed by atoms with van der Waals surface area (Å²) >= 11 is 7.38. The summed E-state index contributed by atoms with van der Waals surface area (Å²) in [6.07, 6.45) is 0. The summed E-state index contributed by atoms with van der Waals surface area (Å²) in [7, 11) is 0. The van der Waals surface area contributed by atoms with Crippen molar-refractivity contribution in [3.8, 4) is 0 Å². The van der Waals surface area contributed by atoms with Gasteiger partial charge in [-0.25, -0.2) is 0 Å². The highest BCUT2D eigenvalue weighted by Crippen LogP contribution is 2.35. The van der Waals surface area contributed by atoms with Gasteiger partial charge in [-0.2, -0.15) is 0 Å². The van der Waals surface area contributed by atoms with Crippen LogP contribution in [0.25, 0.3) is 0 Å². The van der Waals surface area contributed by atoms with Crippen LogP contribution in [0.2, 0.25) is 5.02 Å². The van der Waals surface area contributed by atoms with Crippen LogP contribution >= 0.6 is 23.4 Å². The highest BCUT2D eigenvalue weighted by molar-refractivity contribution is 8.00. The average molecular weight is 420 g/mol. The SMILES string of the molecule is CC(C)NC(=O)C(=O)NNC(=O)CS[C@H](c1ccccc1)c1ccc(Cl)cc1. The van der Waals surface area contributed by atoms with E-state index in [-0.39, 0.29) is 17.0 Å². The topological polar surface area (TPSA) is 87.3 Å². The number of hydrogen-bond donors (Lipinski definition) is 3. The summed E-state index contributed by atoms with van der Waals surface area (Å²) in [5.41, 5.74) is 6.43. The number of benzene rings is 2. The Morgan fingerprint density at radius 2 is 1.50 bits per heavy atom. The monoisotopic (exact) mass is 419 g/mol. The normalized spacial score (nSPS) is 11.6. The molecule has 0 bridgehead atoms. The Labute approximate surface area is 173 Å². The van der Waals surface area contributed by atoms with Gasteiger partial charge in [0.25, 0.3) is 0 Å². The number of hydrazine groups is 1. The maximum absolute atomic E-state index is 12.1. The summed E-state index contributed by atoms with van der Waals surface area (Å²) in [5.74, 6) is -2.03. The number of hydrogen-bond acceptors (Lipinski definition) is 4. The second-order valence-electron chi connectivity index (χ2n) is 6.28. The maximum Gasteiger partial charge on any atom is 0.327 e. The molecule has 148 valence electrons. The highest BCUT2D eigenvalue weighted by Gasteiger charge is 2.18. The van der Waals surface area contributed by atoms with Crippen molar-refractivity contribution in [3.63, 3.8) is 0 Å². The van der Waals surface area contributed by atoms with Gasteiger partial charge in [-0.1, -0.05) is 54.1 Å². The third kappa shape index (κ3) is 6.90. The summed E-state index contributed by atoms with van der Waals surface area (Å²) in [6.45, 7) is 3.47. The molecular weight excluding hydrogens is 398 g/mol. The van der Waals surface area contributed by atoms with Gasteiger partial charge in [0.2, 0.25) is 5.91 Å². The lowest BCUT2D eigenvalue weighted by Crippen LogP contribution is -2.50. The maximum atomic E-state index is 12.1. The fraction of sp³-hybridized carbons (Fsp3) is 0.250. The highest BCUT2D eigenvalue weighted by atomic mass is 35.5.